The number of aromatic hydroxyl groups is 2. The van der Waals surface area contributed by atoms with Crippen LogP contribution in [0.5, 0.6) is 23.0 Å². The summed E-state index contributed by atoms with van der Waals surface area (Å²) < 4.78 is 10.00. The van der Waals surface area contributed by atoms with Crippen molar-refractivity contribution in [3.05, 3.63) is 59.7 Å². The molecule has 2 rings (SSSR count). The molecule has 0 spiro atoms. The highest BCUT2D eigenvalue weighted by Gasteiger charge is 2.06. The summed E-state index contributed by atoms with van der Waals surface area (Å²) in [4.78, 5) is 34.0. The first-order valence-electron chi connectivity index (χ1n) is 13.1. The maximum Gasteiger partial charge on any atom is 0.303 e. The number of phenols is 2. The van der Waals surface area contributed by atoms with E-state index in [1.807, 2.05) is 0 Å². The number of methoxy groups -OCH3 is 2. The number of phenolic OH excluding ortho intramolecular Hbond substituents is 2. The standard InChI is InChI=1S/C21H20O6.C10H20O2/c1-26-20-11-14(5-9-18(20)24)3-7-16(22)13-17(23)8-4-15-6-10-19(25)21(12-15)27-2;1-2-3-4-5-6-7-8-9-10(11)12/h3-12,24-25H,13H2,1-2H3;2-9H2,1H3,(H,11,12). The SMILES string of the molecule is CCCCCCCCCC(=O)O.COc1cc(C=CC(=O)CC(=O)C=Cc2ccc(O)c(OC)c2)ccc1O. The second kappa shape index (κ2) is 19.1. The van der Waals surface area contributed by atoms with E-state index in [9.17, 15) is 24.6 Å². The number of aliphatic carboxylic acids is 1. The summed E-state index contributed by atoms with van der Waals surface area (Å²) in [6.45, 7) is 2.20. The number of carboxylic acid groups (broad SMARTS) is 1. The van der Waals surface area contributed by atoms with Crippen molar-refractivity contribution in [2.75, 3.05) is 14.2 Å². The fourth-order valence-corrected chi connectivity index (χ4v) is 3.50. The molecule has 2 aromatic rings. The van der Waals surface area contributed by atoms with E-state index >= 15 is 0 Å². The molecule has 39 heavy (non-hydrogen) atoms. The van der Waals surface area contributed by atoms with E-state index < -0.39 is 5.97 Å². The molecule has 0 aliphatic heterocycles. The summed E-state index contributed by atoms with van der Waals surface area (Å²) >= 11 is 0. The van der Waals surface area contributed by atoms with Crippen LogP contribution < -0.4 is 9.47 Å². The fraction of sp³-hybridized carbons (Fsp3) is 0.387. The van der Waals surface area contributed by atoms with Gasteiger partial charge < -0.3 is 24.8 Å². The summed E-state index contributed by atoms with van der Waals surface area (Å²) in [5.74, 6) is -0.747. The molecule has 8 nitrogen and oxygen atoms in total. The number of carboxylic acids is 1. The molecular formula is C31H40O8. The monoisotopic (exact) mass is 540 g/mol. The number of ketones is 2. The van der Waals surface area contributed by atoms with Crippen molar-refractivity contribution in [2.45, 2.75) is 64.7 Å². The van der Waals surface area contributed by atoms with Crippen molar-refractivity contribution >= 4 is 29.7 Å². The smallest absolute Gasteiger partial charge is 0.303 e. The highest BCUT2D eigenvalue weighted by atomic mass is 16.5. The van der Waals surface area contributed by atoms with E-state index in [0.29, 0.717) is 29.0 Å². The molecule has 8 heteroatoms. The Balaban J connectivity index is 0.000000534. The Kier molecular flexibility index (Phi) is 16.1. The molecule has 3 N–H and O–H groups in total. The number of unbranched alkanes of at least 4 members (excludes halogenated alkanes) is 6. The van der Waals surface area contributed by atoms with Gasteiger partial charge in [0.05, 0.1) is 20.6 Å². The van der Waals surface area contributed by atoms with Crippen LogP contribution in [-0.4, -0.2) is 47.1 Å². The third-order valence-corrected chi connectivity index (χ3v) is 5.67. The van der Waals surface area contributed by atoms with Gasteiger partial charge in [0, 0.05) is 6.42 Å². The van der Waals surface area contributed by atoms with Gasteiger partial charge in [-0.05, 0) is 54.0 Å². The second-order valence-corrected chi connectivity index (χ2v) is 8.90. The van der Waals surface area contributed by atoms with Crippen LogP contribution in [0.2, 0.25) is 0 Å². The summed E-state index contributed by atoms with van der Waals surface area (Å²) in [6, 6.07) is 9.34. The Morgan fingerprint density at radius 2 is 1.15 bits per heavy atom. The Hall–Kier alpha value is -4.07. The molecule has 0 saturated heterocycles. The van der Waals surface area contributed by atoms with Crippen LogP contribution in [0.25, 0.3) is 12.2 Å². The normalized spacial score (nSPS) is 10.7. The Labute approximate surface area is 230 Å². The van der Waals surface area contributed by atoms with Crippen molar-refractivity contribution < 1.29 is 39.2 Å². The molecule has 0 amide bonds. The fourth-order valence-electron chi connectivity index (χ4n) is 3.50. The number of hydrogen-bond acceptors (Lipinski definition) is 7. The zero-order valence-corrected chi connectivity index (χ0v) is 23.0. The quantitative estimate of drug-likeness (QED) is 0.124. The number of ether oxygens (including phenoxy) is 2. The van der Waals surface area contributed by atoms with Crippen LogP contribution in [0.3, 0.4) is 0 Å². The van der Waals surface area contributed by atoms with Gasteiger partial charge in [0.25, 0.3) is 0 Å². The number of hydrogen-bond donors (Lipinski definition) is 3. The van der Waals surface area contributed by atoms with Crippen molar-refractivity contribution in [3.63, 3.8) is 0 Å². The minimum absolute atomic E-state index is 0.00662. The van der Waals surface area contributed by atoms with Crippen molar-refractivity contribution in [1.82, 2.24) is 0 Å². The minimum atomic E-state index is -0.663. The summed E-state index contributed by atoms with van der Waals surface area (Å²) in [5, 5.41) is 27.4. The van der Waals surface area contributed by atoms with Gasteiger partial charge in [-0.3, -0.25) is 14.4 Å². The lowest BCUT2D eigenvalue weighted by Crippen LogP contribution is -2.01. The van der Waals surface area contributed by atoms with Crippen molar-refractivity contribution in [1.29, 1.82) is 0 Å². The third kappa shape index (κ3) is 14.4. The van der Waals surface area contributed by atoms with E-state index in [-0.39, 0.29) is 29.5 Å². The van der Waals surface area contributed by atoms with Gasteiger partial charge in [-0.15, -0.1) is 0 Å². The molecule has 0 heterocycles. The first-order chi connectivity index (χ1) is 18.7. The molecule has 0 bridgehead atoms. The van der Waals surface area contributed by atoms with Crippen LogP contribution in [-0.2, 0) is 14.4 Å². The highest BCUT2D eigenvalue weighted by molar-refractivity contribution is 6.10. The average molecular weight is 541 g/mol. The largest absolute Gasteiger partial charge is 0.504 e. The van der Waals surface area contributed by atoms with Gasteiger partial charge in [-0.25, -0.2) is 0 Å². The van der Waals surface area contributed by atoms with Crippen LogP contribution in [0.15, 0.2) is 48.6 Å². The molecule has 212 valence electrons. The summed E-state index contributed by atoms with van der Waals surface area (Å²) in [5.41, 5.74) is 1.33. The predicted molar refractivity (Wildman–Crippen MR) is 152 cm³/mol. The molecule has 0 fully saturated rings. The molecule has 2 aromatic carbocycles. The molecule has 0 radical (unpaired) electrons. The molecule has 0 saturated carbocycles. The van der Waals surface area contributed by atoms with Gasteiger partial charge >= 0.3 is 5.97 Å². The Bertz CT molecular complexity index is 1040. The maximum absolute atomic E-state index is 11.9. The average Bonchev–Trinajstić information content (AvgIpc) is 2.91. The number of carbonyl (C=O) groups excluding carboxylic acids is 2. The topological polar surface area (TPSA) is 130 Å². The molecule has 0 aliphatic carbocycles. The van der Waals surface area contributed by atoms with Gasteiger partial charge in [-0.2, -0.15) is 0 Å². The zero-order chi connectivity index (χ0) is 29.0. The predicted octanol–water partition coefficient (Wildman–Crippen LogP) is 6.58. The molecular weight excluding hydrogens is 500 g/mol. The Morgan fingerprint density at radius 1 is 0.718 bits per heavy atom. The van der Waals surface area contributed by atoms with Crippen molar-refractivity contribution in [2.24, 2.45) is 0 Å². The van der Waals surface area contributed by atoms with Gasteiger partial charge in [-0.1, -0.05) is 69.7 Å². The number of benzene rings is 2. The summed E-state index contributed by atoms with van der Waals surface area (Å²) in [6.07, 6.45) is 14.1. The number of rotatable bonds is 16. The molecule has 0 unspecified atom stereocenters. The van der Waals surface area contributed by atoms with Crippen LogP contribution in [0.1, 0.15) is 75.8 Å². The lowest BCUT2D eigenvalue weighted by molar-refractivity contribution is -0.137. The van der Waals surface area contributed by atoms with E-state index in [1.54, 1.807) is 36.4 Å². The summed E-state index contributed by atoms with van der Waals surface area (Å²) in [7, 11) is 2.87. The second-order valence-electron chi connectivity index (χ2n) is 8.90. The van der Waals surface area contributed by atoms with E-state index in [2.05, 4.69) is 6.92 Å². The van der Waals surface area contributed by atoms with E-state index in [0.717, 1.165) is 12.8 Å². The zero-order valence-electron chi connectivity index (χ0n) is 23.0. The van der Waals surface area contributed by atoms with Gasteiger partial charge in [0.2, 0.25) is 0 Å². The van der Waals surface area contributed by atoms with Gasteiger partial charge in [0.1, 0.15) is 0 Å². The number of carbonyl (C=O) groups is 3. The lowest BCUT2D eigenvalue weighted by Gasteiger charge is -2.03. The van der Waals surface area contributed by atoms with Crippen LogP contribution >= 0.6 is 0 Å². The minimum Gasteiger partial charge on any atom is -0.504 e. The lowest BCUT2D eigenvalue weighted by atomic mass is 10.1. The first-order valence-corrected chi connectivity index (χ1v) is 13.1. The van der Waals surface area contributed by atoms with Crippen LogP contribution in [0.4, 0.5) is 0 Å². The van der Waals surface area contributed by atoms with Crippen molar-refractivity contribution in [3.8, 4) is 23.0 Å². The molecule has 0 aliphatic rings. The van der Waals surface area contributed by atoms with Crippen LogP contribution in [0, 0.1) is 0 Å². The molecule has 0 atom stereocenters. The third-order valence-electron chi connectivity index (χ3n) is 5.67. The Morgan fingerprint density at radius 3 is 1.56 bits per heavy atom. The van der Waals surface area contributed by atoms with E-state index in [1.165, 1.54) is 70.6 Å². The maximum atomic E-state index is 11.9. The number of allylic oxidation sites excluding steroid dienone is 2. The van der Waals surface area contributed by atoms with Gasteiger partial charge in [0.15, 0.2) is 34.6 Å². The molecule has 0 aromatic heterocycles. The first kappa shape index (κ1) is 33.0. The highest BCUT2D eigenvalue weighted by Crippen LogP contribution is 2.27. The van der Waals surface area contributed by atoms with E-state index in [4.69, 9.17) is 14.6 Å².